The molecule has 0 aliphatic heterocycles. The molecule has 0 bridgehead atoms. The maximum absolute atomic E-state index is 11.2. The van der Waals surface area contributed by atoms with Gasteiger partial charge in [0.05, 0.1) is 0 Å². The maximum Gasteiger partial charge on any atom is 0.159 e. The van der Waals surface area contributed by atoms with Gasteiger partial charge in [-0.05, 0) is 44.0 Å². The summed E-state index contributed by atoms with van der Waals surface area (Å²) in [7, 11) is 0. The molecule has 0 saturated carbocycles. The number of carbonyl (C=O) groups is 1. The highest BCUT2D eigenvalue weighted by Crippen LogP contribution is 2.17. The Kier molecular flexibility index (Phi) is 6.20. The van der Waals surface area contributed by atoms with E-state index in [1.165, 1.54) is 12.8 Å². The van der Waals surface area contributed by atoms with Crippen LogP contribution in [0.1, 0.15) is 49.9 Å². The lowest BCUT2D eigenvalue weighted by Crippen LogP contribution is -2.13. The summed E-state index contributed by atoms with van der Waals surface area (Å²) in [5.41, 5.74) is 0.712. The molecule has 0 saturated heterocycles. The highest BCUT2D eigenvalue weighted by atomic mass is 16.5. The highest BCUT2D eigenvalue weighted by molar-refractivity contribution is 5.94. The Hall–Kier alpha value is -1.57. The Balaban J connectivity index is 2.53. The first-order chi connectivity index (χ1) is 8.67. The van der Waals surface area contributed by atoms with Gasteiger partial charge < -0.3 is 4.74 Å². The van der Waals surface area contributed by atoms with Crippen LogP contribution in [0.3, 0.4) is 0 Å². The zero-order valence-electron chi connectivity index (χ0n) is 11.3. The molecule has 2 nitrogen and oxygen atoms in total. The fourth-order valence-corrected chi connectivity index (χ4v) is 1.76. The van der Waals surface area contributed by atoms with Crippen LogP contribution in [-0.2, 0) is 0 Å². The largest absolute Gasteiger partial charge is 0.486 e. The van der Waals surface area contributed by atoms with Gasteiger partial charge in [-0.3, -0.25) is 4.79 Å². The van der Waals surface area contributed by atoms with E-state index < -0.39 is 0 Å². The van der Waals surface area contributed by atoms with E-state index >= 15 is 0 Å². The van der Waals surface area contributed by atoms with Crippen molar-refractivity contribution in [2.24, 2.45) is 0 Å². The number of hydrogen-bond donors (Lipinski definition) is 0. The number of rotatable bonds is 8. The molecule has 1 unspecified atom stereocenters. The Bertz CT molecular complexity index is 379. The van der Waals surface area contributed by atoms with Gasteiger partial charge in [0.1, 0.15) is 11.9 Å². The topological polar surface area (TPSA) is 26.3 Å². The molecule has 0 amide bonds. The molecule has 1 atom stereocenters. The lowest BCUT2D eigenvalue weighted by Gasteiger charge is -2.15. The van der Waals surface area contributed by atoms with Crippen molar-refractivity contribution in [2.45, 2.75) is 45.6 Å². The van der Waals surface area contributed by atoms with Gasteiger partial charge in [-0.2, -0.15) is 0 Å². The van der Waals surface area contributed by atoms with Gasteiger partial charge in [-0.25, -0.2) is 0 Å². The first-order valence-corrected chi connectivity index (χ1v) is 6.57. The molecular formula is C16H22O2. The predicted molar refractivity (Wildman–Crippen MR) is 75.2 cm³/mol. The average Bonchev–Trinajstić information content (AvgIpc) is 2.38. The summed E-state index contributed by atoms with van der Waals surface area (Å²) in [6.07, 6.45) is 6.47. The molecule has 98 valence electrons. The van der Waals surface area contributed by atoms with E-state index in [4.69, 9.17) is 4.74 Å². The van der Waals surface area contributed by atoms with E-state index in [-0.39, 0.29) is 11.9 Å². The molecule has 1 aromatic rings. The average molecular weight is 246 g/mol. The molecular weight excluding hydrogens is 224 g/mol. The molecule has 0 N–H and O–H groups in total. The van der Waals surface area contributed by atoms with Crippen molar-refractivity contribution in [1.82, 2.24) is 0 Å². The number of hydrogen-bond acceptors (Lipinski definition) is 2. The van der Waals surface area contributed by atoms with Gasteiger partial charge in [0.15, 0.2) is 5.78 Å². The molecule has 2 heteroatoms. The van der Waals surface area contributed by atoms with E-state index in [0.29, 0.717) is 5.56 Å². The summed E-state index contributed by atoms with van der Waals surface area (Å²) >= 11 is 0. The number of Topliss-reactive ketones (excluding diaryl/α,β-unsaturated/α-hetero) is 1. The minimum Gasteiger partial charge on any atom is -0.486 e. The third-order valence-corrected chi connectivity index (χ3v) is 2.90. The van der Waals surface area contributed by atoms with Crippen molar-refractivity contribution in [1.29, 1.82) is 0 Å². The van der Waals surface area contributed by atoms with E-state index in [1.807, 2.05) is 18.2 Å². The van der Waals surface area contributed by atoms with Crippen LogP contribution in [0.25, 0.3) is 0 Å². The second kappa shape index (κ2) is 7.70. The quantitative estimate of drug-likeness (QED) is 0.386. The van der Waals surface area contributed by atoms with Crippen LogP contribution < -0.4 is 4.74 Å². The zero-order chi connectivity index (χ0) is 13.4. The van der Waals surface area contributed by atoms with Gasteiger partial charge in [0, 0.05) is 5.56 Å². The van der Waals surface area contributed by atoms with Gasteiger partial charge in [0.2, 0.25) is 0 Å². The van der Waals surface area contributed by atoms with Crippen molar-refractivity contribution in [3.63, 3.8) is 0 Å². The minimum atomic E-state index is 0.0553. The number of carbonyl (C=O) groups excluding carboxylic acids is 1. The summed E-state index contributed by atoms with van der Waals surface area (Å²) in [4.78, 5) is 11.2. The first kappa shape index (κ1) is 14.5. The van der Waals surface area contributed by atoms with Crippen molar-refractivity contribution in [3.8, 4) is 5.75 Å². The van der Waals surface area contributed by atoms with Crippen molar-refractivity contribution < 1.29 is 9.53 Å². The lowest BCUT2D eigenvalue weighted by molar-refractivity contribution is 0.101. The molecule has 18 heavy (non-hydrogen) atoms. The van der Waals surface area contributed by atoms with E-state index in [0.717, 1.165) is 18.6 Å². The Morgan fingerprint density at radius 3 is 2.50 bits per heavy atom. The van der Waals surface area contributed by atoms with E-state index in [2.05, 4.69) is 13.5 Å². The summed E-state index contributed by atoms with van der Waals surface area (Å²) in [5.74, 6) is 0.867. The van der Waals surface area contributed by atoms with Crippen LogP contribution in [0.4, 0.5) is 0 Å². The number of ether oxygens (including phenoxy) is 1. The molecule has 0 spiro atoms. The summed E-state index contributed by atoms with van der Waals surface area (Å²) < 4.78 is 5.82. The van der Waals surface area contributed by atoms with Crippen molar-refractivity contribution in [2.75, 3.05) is 0 Å². The van der Waals surface area contributed by atoms with Crippen LogP contribution >= 0.6 is 0 Å². The molecule has 0 heterocycles. The smallest absolute Gasteiger partial charge is 0.159 e. The second-order valence-electron chi connectivity index (χ2n) is 4.47. The number of unbranched alkanes of at least 4 members (excludes halogenated alkanes) is 2. The monoisotopic (exact) mass is 246 g/mol. The SMILES string of the molecule is C=CC(CCCCC)Oc1ccc(C(C)=O)cc1. The van der Waals surface area contributed by atoms with Crippen LogP contribution in [0.15, 0.2) is 36.9 Å². The molecule has 1 rings (SSSR count). The first-order valence-electron chi connectivity index (χ1n) is 6.57. The molecule has 1 aromatic carbocycles. The molecule has 0 radical (unpaired) electrons. The lowest BCUT2D eigenvalue weighted by atomic mass is 10.1. The van der Waals surface area contributed by atoms with Crippen LogP contribution in [0, 0.1) is 0 Å². The Labute approximate surface area is 110 Å². The highest BCUT2D eigenvalue weighted by Gasteiger charge is 2.06. The Morgan fingerprint density at radius 2 is 2.00 bits per heavy atom. The second-order valence-corrected chi connectivity index (χ2v) is 4.47. The van der Waals surface area contributed by atoms with Gasteiger partial charge >= 0.3 is 0 Å². The molecule has 0 aliphatic carbocycles. The third-order valence-electron chi connectivity index (χ3n) is 2.90. The van der Waals surface area contributed by atoms with Gasteiger partial charge in [-0.1, -0.05) is 32.4 Å². The van der Waals surface area contributed by atoms with Crippen molar-refractivity contribution in [3.05, 3.63) is 42.5 Å². The van der Waals surface area contributed by atoms with Crippen molar-refractivity contribution >= 4 is 5.78 Å². The van der Waals surface area contributed by atoms with Gasteiger partial charge in [-0.15, -0.1) is 0 Å². The van der Waals surface area contributed by atoms with Crippen LogP contribution in [0.5, 0.6) is 5.75 Å². The fraction of sp³-hybridized carbons (Fsp3) is 0.438. The summed E-state index contributed by atoms with van der Waals surface area (Å²) in [6.45, 7) is 7.55. The number of ketones is 1. The zero-order valence-corrected chi connectivity index (χ0v) is 11.3. The molecule has 0 aliphatic rings. The minimum absolute atomic E-state index is 0.0553. The van der Waals surface area contributed by atoms with Gasteiger partial charge in [0.25, 0.3) is 0 Å². The molecule has 0 fully saturated rings. The van der Waals surface area contributed by atoms with Crippen LogP contribution in [-0.4, -0.2) is 11.9 Å². The summed E-state index contributed by atoms with van der Waals surface area (Å²) in [6, 6.07) is 7.27. The predicted octanol–water partition coefficient (Wildman–Crippen LogP) is 4.40. The summed E-state index contributed by atoms with van der Waals surface area (Å²) in [5, 5.41) is 0. The van der Waals surface area contributed by atoms with E-state index in [9.17, 15) is 4.79 Å². The molecule has 0 aromatic heterocycles. The third kappa shape index (κ3) is 4.74. The standard InChI is InChI=1S/C16H22O2/c1-4-6-7-8-15(5-2)18-16-11-9-14(10-12-16)13(3)17/h5,9-12,15H,2,4,6-8H2,1,3H3. The Morgan fingerprint density at radius 1 is 1.33 bits per heavy atom. The van der Waals surface area contributed by atoms with E-state index in [1.54, 1.807) is 19.1 Å². The maximum atomic E-state index is 11.2. The normalized spacial score (nSPS) is 11.9. The number of benzene rings is 1. The fourth-order valence-electron chi connectivity index (χ4n) is 1.76. The van der Waals surface area contributed by atoms with Crippen LogP contribution in [0.2, 0.25) is 0 Å².